The van der Waals surface area contributed by atoms with E-state index in [0.29, 0.717) is 17.1 Å². The lowest BCUT2D eigenvalue weighted by Gasteiger charge is -2.09. The largest absolute Gasteiger partial charge is 0.277 e. The summed E-state index contributed by atoms with van der Waals surface area (Å²) in [7, 11) is -3.27. The van der Waals surface area contributed by atoms with Gasteiger partial charge in [0, 0.05) is 24.1 Å². The third kappa shape index (κ3) is 2.26. The normalized spacial score (nSPS) is 16.2. The average molecular weight is 276 g/mol. The van der Waals surface area contributed by atoms with Gasteiger partial charge in [-0.15, -0.1) is 11.8 Å². The number of thioether (sulfide) groups is 1. The number of benzene rings is 1. The highest BCUT2D eigenvalue weighted by molar-refractivity contribution is 8.14. The van der Waals surface area contributed by atoms with Gasteiger partial charge in [0.05, 0.1) is 9.92 Å². The van der Waals surface area contributed by atoms with E-state index < -0.39 is 9.84 Å². The Kier molecular flexibility index (Phi) is 3.28. The second-order valence-corrected chi connectivity index (χ2v) is 6.90. The number of aliphatic imine (C=N–C) groups is 1. The van der Waals surface area contributed by atoms with Crippen LogP contribution >= 0.6 is 23.4 Å². The molecule has 86 valence electrons. The van der Waals surface area contributed by atoms with E-state index >= 15 is 0 Å². The molecule has 0 saturated heterocycles. The molecule has 2 rings (SSSR count). The first kappa shape index (κ1) is 12.0. The van der Waals surface area contributed by atoms with E-state index in [2.05, 4.69) is 4.99 Å². The number of hydrogen-bond acceptors (Lipinski definition) is 4. The lowest BCUT2D eigenvalue weighted by atomic mass is 10.2. The zero-order valence-corrected chi connectivity index (χ0v) is 11.0. The lowest BCUT2D eigenvalue weighted by Crippen LogP contribution is -2.06. The Labute approximate surface area is 104 Å². The monoisotopic (exact) mass is 275 g/mol. The van der Waals surface area contributed by atoms with Gasteiger partial charge in [-0.3, -0.25) is 4.99 Å². The fraction of sp³-hybridized carbons (Fsp3) is 0.300. The minimum Gasteiger partial charge on any atom is -0.277 e. The van der Waals surface area contributed by atoms with Crippen LogP contribution in [0.25, 0.3) is 0 Å². The molecule has 0 saturated carbocycles. The van der Waals surface area contributed by atoms with Gasteiger partial charge in [0.2, 0.25) is 0 Å². The van der Waals surface area contributed by atoms with Crippen molar-refractivity contribution in [3.63, 3.8) is 0 Å². The molecule has 3 nitrogen and oxygen atoms in total. The van der Waals surface area contributed by atoms with Gasteiger partial charge in [-0.25, -0.2) is 8.42 Å². The zero-order chi connectivity index (χ0) is 11.8. The Hall–Kier alpha value is -0.520. The van der Waals surface area contributed by atoms with Crippen LogP contribution in [0.3, 0.4) is 0 Å². The topological polar surface area (TPSA) is 46.5 Å². The summed E-state index contributed by atoms with van der Waals surface area (Å²) in [6.45, 7) is 0.717. The molecule has 0 bridgehead atoms. The van der Waals surface area contributed by atoms with E-state index in [1.807, 2.05) is 0 Å². The fourth-order valence-electron chi connectivity index (χ4n) is 1.51. The molecule has 0 atom stereocenters. The average Bonchev–Trinajstić information content (AvgIpc) is 2.68. The predicted octanol–water partition coefficient (Wildman–Crippen LogP) is 2.24. The van der Waals surface area contributed by atoms with Gasteiger partial charge >= 0.3 is 0 Å². The van der Waals surface area contributed by atoms with Crippen LogP contribution in [0.4, 0.5) is 0 Å². The van der Waals surface area contributed by atoms with Crippen molar-refractivity contribution < 1.29 is 8.42 Å². The Morgan fingerprint density at radius 3 is 2.75 bits per heavy atom. The van der Waals surface area contributed by atoms with Crippen LogP contribution < -0.4 is 0 Å². The van der Waals surface area contributed by atoms with Gasteiger partial charge in [-0.1, -0.05) is 17.7 Å². The van der Waals surface area contributed by atoms with Gasteiger partial charge < -0.3 is 0 Å². The van der Waals surface area contributed by atoms with Crippen LogP contribution in [-0.4, -0.2) is 32.0 Å². The highest BCUT2D eigenvalue weighted by atomic mass is 35.5. The molecule has 0 aliphatic carbocycles. The fourth-order valence-corrected chi connectivity index (χ4v) is 3.77. The maximum atomic E-state index is 11.6. The molecule has 1 aliphatic heterocycles. The Balaban J connectivity index is 2.67. The van der Waals surface area contributed by atoms with E-state index in [1.165, 1.54) is 6.26 Å². The second kappa shape index (κ2) is 4.39. The summed E-state index contributed by atoms with van der Waals surface area (Å²) in [5, 5.41) is 1.17. The van der Waals surface area contributed by atoms with Crippen LogP contribution in [-0.2, 0) is 9.84 Å². The zero-order valence-electron chi connectivity index (χ0n) is 8.60. The van der Waals surface area contributed by atoms with Crippen LogP contribution in [0.1, 0.15) is 5.56 Å². The number of rotatable bonds is 2. The smallest absolute Gasteiger partial charge is 0.176 e. The summed E-state index contributed by atoms with van der Waals surface area (Å²) in [6, 6.07) is 4.90. The summed E-state index contributed by atoms with van der Waals surface area (Å²) in [5.41, 5.74) is 0.550. The Bertz CT molecular complexity index is 552. The van der Waals surface area contributed by atoms with Gasteiger partial charge in [0.1, 0.15) is 5.04 Å². The highest BCUT2D eigenvalue weighted by Crippen LogP contribution is 2.30. The van der Waals surface area contributed by atoms with E-state index in [0.717, 1.165) is 10.8 Å². The molecule has 6 heteroatoms. The molecule has 0 spiro atoms. The molecule has 0 radical (unpaired) electrons. The summed E-state index contributed by atoms with van der Waals surface area (Å²) < 4.78 is 23.3. The van der Waals surface area contributed by atoms with Gasteiger partial charge in [-0.05, 0) is 12.1 Å². The van der Waals surface area contributed by atoms with E-state index in [1.54, 1.807) is 30.0 Å². The number of sulfone groups is 1. The Morgan fingerprint density at radius 2 is 2.19 bits per heavy atom. The van der Waals surface area contributed by atoms with E-state index in [9.17, 15) is 8.42 Å². The quantitative estimate of drug-likeness (QED) is 0.832. The molecule has 16 heavy (non-hydrogen) atoms. The third-order valence-electron chi connectivity index (χ3n) is 2.17. The third-order valence-corrected chi connectivity index (χ3v) is 4.62. The first-order valence-corrected chi connectivity index (χ1v) is 7.92. The molecular formula is C10H10ClNO2S2. The van der Waals surface area contributed by atoms with Crippen molar-refractivity contribution in [1.82, 2.24) is 0 Å². The van der Waals surface area contributed by atoms with Crippen LogP contribution in [0.15, 0.2) is 28.1 Å². The van der Waals surface area contributed by atoms with Gasteiger partial charge in [-0.2, -0.15) is 0 Å². The van der Waals surface area contributed by atoms with Crippen molar-refractivity contribution in [2.24, 2.45) is 4.99 Å². The van der Waals surface area contributed by atoms with E-state index in [4.69, 9.17) is 11.6 Å². The number of halogens is 1. The van der Waals surface area contributed by atoms with Crippen molar-refractivity contribution in [2.75, 3.05) is 18.6 Å². The second-order valence-electron chi connectivity index (χ2n) is 3.42. The highest BCUT2D eigenvalue weighted by Gasteiger charge is 2.22. The van der Waals surface area contributed by atoms with Crippen LogP contribution in [0, 0.1) is 0 Å². The summed E-state index contributed by atoms with van der Waals surface area (Å²) >= 11 is 7.60. The first-order valence-electron chi connectivity index (χ1n) is 4.66. The molecule has 0 fully saturated rings. The van der Waals surface area contributed by atoms with E-state index in [-0.39, 0.29) is 4.90 Å². The maximum Gasteiger partial charge on any atom is 0.176 e. The summed E-state index contributed by atoms with van der Waals surface area (Å²) in [5.74, 6) is 0.879. The summed E-state index contributed by atoms with van der Waals surface area (Å²) in [4.78, 5) is 4.53. The lowest BCUT2D eigenvalue weighted by molar-refractivity contribution is 0.602. The SMILES string of the molecule is CS(=O)(=O)c1cccc(Cl)c1C1=NCCS1. The first-order chi connectivity index (χ1) is 7.50. The molecule has 0 N–H and O–H groups in total. The van der Waals surface area contributed by atoms with Crippen LogP contribution in [0.5, 0.6) is 0 Å². The van der Waals surface area contributed by atoms with Crippen LogP contribution in [0.2, 0.25) is 5.02 Å². The number of nitrogens with zero attached hydrogens (tertiary/aromatic N) is 1. The molecular weight excluding hydrogens is 266 g/mol. The van der Waals surface area contributed by atoms with Crippen molar-refractivity contribution in [3.05, 3.63) is 28.8 Å². The maximum absolute atomic E-state index is 11.6. The van der Waals surface area contributed by atoms with Crippen molar-refractivity contribution >= 4 is 38.2 Å². The van der Waals surface area contributed by atoms with Gasteiger partial charge in [0.25, 0.3) is 0 Å². The minimum absolute atomic E-state index is 0.258. The van der Waals surface area contributed by atoms with Gasteiger partial charge in [0.15, 0.2) is 9.84 Å². The minimum atomic E-state index is -3.27. The molecule has 1 aromatic carbocycles. The molecule has 1 aromatic rings. The predicted molar refractivity (Wildman–Crippen MR) is 68.4 cm³/mol. The standard InChI is InChI=1S/C10H10ClNO2S2/c1-16(13,14)8-4-2-3-7(11)9(8)10-12-5-6-15-10/h2-4H,5-6H2,1H3. The van der Waals surface area contributed by atoms with Crippen molar-refractivity contribution in [1.29, 1.82) is 0 Å². The number of hydrogen-bond donors (Lipinski definition) is 0. The Morgan fingerprint density at radius 1 is 1.44 bits per heavy atom. The molecule has 0 aromatic heterocycles. The molecule has 0 amide bonds. The molecule has 1 heterocycles. The van der Waals surface area contributed by atoms with Crippen molar-refractivity contribution in [3.8, 4) is 0 Å². The molecule has 0 unspecified atom stereocenters. The summed E-state index contributed by atoms with van der Waals surface area (Å²) in [6.07, 6.45) is 1.18. The molecule has 1 aliphatic rings. The van der Waals surface area contributed by atoms with Crippen molar-refractivity contribution in [2.45, 2.75) is 4.90 Å².